The number of likely N-dealkylation sites (tertiary alicyclic amines) is 1. The summed E-state index contributed by atoms with van der Waals surface area (Å²) in [6, 6.07) is -0.116. The van der Waals surface area contributed by atoms with Crippen LogP contribution in [0.4, 0.5) is 4.79 Å². The zero-order chi connectivity index (χ0) is 17.1. The van der Waals surface area contributed by atoms with Crippen molar-refractivity contribution < 1.29 is 14.4 Å². The molecule has 1 saturated heterocycles. The Hall–Kier alpha value is -1.63. The molecule has 130 valence electrons. The minimum Gasteiger partial charge on any atom is -0.396 e. The third kappa shape index (κ3) is 4.22. The zero-order valence-corrected chi connectivity index (χ0v) is 14.6. The second kappa shape index (κ2) is 6.86. The standard InChI is InChI=1S/C16H28N4O3/c1-5-16(11-21)6-8-20(9-7-16)14(22)17-10-12-18-13(23-19-12)15(2,3)4/h21H,5-11H2,1-4H3,(H,17,22). The molecule has 23 heavy (non-hydrogen) atoms. The summed E-state index contributed by atoms with van der Waals surface area (Å²) < 4.78 is 5.21. The first-order valence-corrected chi connectivity index (χ1v) is 8.26. The van der Waals surface area contributed by atoms with E-state index in [2.05, 4.69) is 22.4 Å². The van der Waals surface area contributed by atoms with E-state index in [4.69, 9.17) is 4.52 Å². The zero-order valence-electron chi connectivity index (χ0n) is 14.6. The number of piperidine rings is 1. The van der Waals surface area contributed by atoms with Crippen LogP contribution < -0.4 is 5.32 Å². The van der Waals surface area contributed by atoms with Crippen LogP contribution in [0, 0.1) is 5.41 Å². The SMILES string of the molecule is CCC1(CO)CCN(C(=O)NCc2noc(C(C)(C)C)n2)CC1. The molecule has 1 aliphatic rings. The maximum Gasteiger partial charge on any atom is 0.317 e. The molecule has 0 aliphatic carbocycles. The van der Waals surface area contributed by atoms with Crippen LogP contribution in [0.15, 0.2) is 4.52 Å². The minimum atomic E-state index is -0.199. The molecule has 2 rings (SSSR count). The predicted octanol–water partition coefficient (Wildman–Crippen LogP) is 2.06. The number of hydrogen-bond donors (Lipinski definition) is 2. The summed E-state index contributed by atoms with van der Waals surface area (Å²) in [6.07, 6.45) is 2.62. The van der Waals surface area contributed by atoms with E-state index in [1.165, 1.54) is 0 Å². The topological polar surface area (TPSA) is 91.5 Å². The highest BCUT2D eigenvalue weighted by Gasteiger charge is 2.33. The van der Waals surface area contributed by atoms with Gasteiger partial charge in [-0.1, -0.05) is 32.9 Å². The van der Waals surface area contributed by atoms with E-state index in [1.807, 2.05) is 20.8 Å². The number of rotatable bonds is 4. The third-order valence-electron chi connectivity index (χ3n) is 4.70. The van der Waals surface area contributed by atoms with E-state index in [9.17, 15) is 9.90 Å². The molecule has 0 spiro atoms. The fourth-order valence-corrected chi connectivity index (χ4v) is 2.70. The molecular formula is C16H28N4O3. The van der Waals surface area contributed by atoms with Gasteiger partial charge in [-0.05, 0) is 24.7 Å². The van der Waals surface area contributed by atoms with Crippen molar-refractivity contribution in [1.29, 1.82) is 0 Å². The summed E-state index contributed by atoms with van der Waals surface area (Å²) in [7, 11) is 0. The molecule has 0 saturated carbocycles. The highest BCUT2D eigenvalue weighted by atomic mass is 16.5. The van der Waals surface area contributed by atoms with Crippen molar-refractivity contribution in [2.75, 3.05) is 19.7 Å². The van der Waals surface area contributed by atoms with Gasteiger partial charge in [0.15, 0.2) is 5.82 Å². The van der Waals surface area contributed by atoms with Crippen LogP contribution >= 0.6 is 0 Å². The Morgan fingerprint density at radius 3 is 2.52 bits per heavy atom. The maximum absolute atomic E-state index is 12.2. The average molecular weight is 324 g/mol. The lowest BCUT2D eigenvalue weighted by Crippen LogP contribution is -2.48. The number of aliphatic hydroxyl groups is 1. The Bertz CT molecular complexity index is 522. The number of carbonyl (C=O) groups is 1. The molecule has 2 N–H and O–H groups in total. The van der Waals surface area contributed by atoms with Crippen molar-refractivity contribution in [2.24, 2.45) is 5.41 Å². The van der Waals surface area contributed by atoms with Crippen LogP contribution in [0.5, 0.6) is 0 Å². The van der Waals surface area contributed by atoms with Gasteiger partial charge >= 0.3 is 6.03 Å². The van der Waals surface area contributed by atoms with Crippen LogP contribution in [-0.4, -0.2) is 45.9 Å². The Kier molecular flexibility index (Phi) is 5.29. The molecule has 0 unspecified atom stereocenters. The average Bonchev–Trinajstić information content (AvgIpc) is 3.02. The molecule has 2 heterocycles. The van der Waals surface area contributed by atoms with E-state index >= 15 is 0 Å². The second-order valence-corrected chi connectivity index (χ2v) is 7.42. The number of aliphatic hydroxyl groups excluding tert-OH is 1. The van der Waals surface area contributed by atoms with Gasteiger partial charge in [0.05, 0.1) is 6.54 Å². The molecule has 7 nitrogen and oxygen atoms in total. The molecule has 0 radical (unpaired) electrons. The molecule has 2 amide bonds. The van der Waals surface area contributed by atoms with Crippen molar-refractivity contribution in [3.63, 3.8) is 0 Å². The van der Waals surface area contributed by atoms with Crippen molar-refractivity contribution in [1.82, 2.24) is 20.4 Å². The van der Waals surface area contributed by atoms with Gasteiger partial charge in [-0.25, -0.2) is 4.79 Å². The first-order valence-electron chi connectivity index (χ1n) is 8.26. The van der Waals surface area contributed by atoms with Gasteiger partial charge in [0.25, 0.3) is 0 Å². The highest BCUT2D eigenvalue weighted by Crippen LogP contribution is 2.34. The molecule has 1 aromatic heterocycles. The number of carbonyl (C=O) groups excluding carboxylic acids is 1. The van der Waals surface area contributed by atoms with Gasteiger partial charge in [-0.2, -0.15) is 4.98 Å². The van der Waals surface area contributed by atoms with Crippen molar-refractivity contribution in [3.05, 3.63) is 11.7 Å². The first-order chi connectivity index (χ1) is 10.8. The summed E-state index contributed by atoms with van der Waals surface area (Å²) in [5, 5.41) is 16.3. The predicted molar refractivity (Wildman–Crippen MR) is 85.9 cm³/mol. The number of urea groups is 1. The molecule has 1 fully saturated rings. The van der Waals surface area contributed by atoms with Gasteiger partial charge in [-0.15, -0.1) is 0 Å². The van der Waals surface area contributed by atoms with E-state index in [0.29, 0.717) is 24.8 Å². The monoisotopic (exact) mass is 324 g/mol. The minimum absolute atomic E-state index is 0.0218. The third-order valence-corrected chi connectivity index (χ3v) is 4.70. The smallest absolute Gasteiger partial charge is 0.317 e. The molecular weight excluding hydrogens is 296 g/mol. The van der Waals surface area contributed by atoms with Gasteiger partial charge < -0.3 is 19.8 Å². The van der Waals surface area contributed by atoms with Crippen molar-refractivity contribution in [3.8, 4) is 0 Å². The Morgan fingerprint density at radius 2 is 2.04 bits per heavy atom. The largest absolute Gasteiger partial charge is 0.396 e. The Labute approximate surface area is 137 Å². The highest BCUT2D eigenvalue weighted by molar-refractivity contribution is 5.74. The lowest BCUT2D eigenvalue weighted by molar-refractivity contribution is 0.0519. The van der Waals surface area contributed by atoms with Gasteiger partial charge in [0.1, 0.15) is 0 Å². The number of nitrogens with one attached hydrogen (secondary N) is 1. The maximum atomic E-state index is 12.2. The molecule has 0 atom stereocenters. The summed E-state index contributed by atoms with van der Waals surface area (Å²) in [4.78, 5) is 18.3. The van der Waals surface area contributed by atoms with Crippen LogP contribution in [0.3, 0.4) is 0 Å². The van der Waals surface area contributed by atoms with E-state index < -0.39 is 0 Å². The van der Waals surface area contributed by atoms with Crippen LogP contribution in [-0.2, 0) is 12.0 Å². The fraction of sp³-hybridized carbons (Fsp3) is 0.812. The number of hydrogen-bond acceptors (Lipinski definition) is 5. The van der Waals surface area contributed by atoms with E-state index in [0.717, 1.165) is 19.3 Å². The van der Waals surface area contributed by atoms with Gasteiger partial charge in [-0.3, -0.25) is 0 Å². The normalized spacial score (nSPS) is 18.0. The van der Waals surface area contributed by atoms with Gasteiger partial charge in [0, 0.05) is 25.1 Å². The van der Waals surface area contributed by atoms with Crippen molar-refractivity contribution >= 4 is 6.03 Å². The summed E-state index contributed by atoms with van der Waals surface area (Å²) in [5.74, 6) is 1.05. The second-order valence-electron chi connectivity index (χ2n) is 7.42. The number of nitrogens with zero attached hydrogens (tertiary/aromatic N) is 3. The van der Waals surface area contributed by atoms with E-state index in [-0.39, 0.29) is 30.0 Å². The number of amides is 2. The van der Waals surface area contributed by atoms with Crippen molar-refractivity contribution in [2.45, 2.75) is 58.9 Å². The Morgan fingerprint density at radius 1 is 1.39 bits per heavy atom. The Balaban J connectivity index is 1.83. The first kappa shape index (κ1) is 17.7. The molecule has 0 bridgehead atoms. The summed E-state index contributed by atoms with van der Waals surface area (Å²) in [6.45, 7) is 9.87. The quantitative estimate of drug-likeness (QED) is 0.884. The molecule has 7 heteroatoms. The van der Waals surface area contributed by atoms with Gasteiger partial charge in [0.2, 0.25) is 5.89 Å². The fourth-order valence-electron chi connectivity index (χ4n) is 2.70. The molecule has 0 aromatic carbocycles. The number of aromatic nitrogens is 2. The summed E-state index contributed by atoms with van der Waals surface area (Å²) >= 11 is 0. The molecule has 1 aromatic rings. The lowest BCUT2D eigenvalue weighted by Gasteiger charge is -2.40. The molecule has 1 aliphatic heterocycles. The van der Waals surface area contributed by atoms with Crippen LogP contribution in [0.2, 0.25) is 0 Å². The van der Waals surface area contributed by atoms with Crippen LogP contribution in [0.1, 0.15) is 58.7 Å². The summed E-state index contributed by atoms with van der Waals surface area (Å²) in [5.41, 5.74) is -0.220. The lowest BCUT2D eigenvalue weighted by atomic mass is 9.77. The van der Waals surface area contributed by atoms with E-state index in [1.54, 1.807) is 4.90 Å². The van der Waals surface area contributed by atoms with Crippen LogP contribution in [0.25, 0.3) is 0 Å².